The molecule has 3 nitrogen and oxygen atoms in total. The van der Waals surface area contributed by atoms with Gasteiger partial charge in [-0.1, -0.05) is 12.1 Å². The molecular weight excluding hydrogens is 192 g/mol. The van der Waals surface area contributed by atoms with Gasteiger partial charge in [0, 0.05) is 6.42 Å². The van der Waals surface area contributed by atoms with E-state index in [0.29, 0.717) is 13.2 Å². The Bertz CT molecular complexity index is 330. The van der Waals surface area contributed by atoms with Crippen molar-refractivity contribution in [1.82, 2.24) is 0 Å². The number of rotatable bonds is 3. The van der Waals surface area contributed by atoms with Crippen LogP contribution in [-0.4, -0.2) is 26.6 Å². The van der Waals surface area contributed by atoms with Crippen LogP contribution in [0.5, 0.6) is 5.75 Å². The van der Waals surface area contributed by atoms with Crippen LogP contribution in [-0.2, 0) is 15.9 Å². The van der Waals surface area contributed by atoms with Gasteiger partial charge in [0.1, 0.15) is 5.75 Å². The quantitative estimate of drug-likeness (QED) is 0.759. The molecule has 15 heavy (non-hydrogen) atoms. The lowest BCUT2D eigenvalue weighted by molar-refractivity contribution is -0.0400. The van der Waals surface area contributed by atoms with Crippen LogP contribution in [0, 0.1) is 6.92 Å². The minimum atomic E-state index is -0.0715. The Labute approximate surface area is 90.0 Å². The zero-order chi connectivity index (χ0) is 10.7. The summed E-state index contributed by atoms with van der Waals surface area (Å²) in [6.45, 7) is 3.46. The lowest BCUT2D eigenvalue weighted by Gasteiger charge is -2.11. The molecule has 1 aromatic rings. The first-order chi connectivity index (χ1) is 7.29. The van der Waals surface area contributed by atoms with Crippen LogP contribution in [0.2, 0.25) is 0 Å². The molecule has 1 fully saturated rings. The Morgan fingerprint density at radius 1 is 1.33 bits per heavy atom. The van der Waals surface area contributed by atoms with Crippen LogP contribution < -0.4 is 4.74 Å². The monoisotopic (exact) mass is 208 g/mol. The molecule has 0 spiro atoms. The molecule has 0 amide bonds. The van der Waals surface area contributed by atoms with Gasteiger partial charge < -0.3 is 14.2 Å². The molecule has 0 N–H and O–H groups in total. The summed E-state index contributed by atoms with van der Waals surface area (Å²) in [7, 11) is 1.69. The van der Waals surface area contributed by atoms with Gasteiger partial charge in [-0.05, 0) is 24.1 Å². The fourth-order valence-electron chi connectivity index (χ4n) is 1.79. The second kappa shape index (κ2) is 4.64. The maximum Gasteiger partial charge on any atom is 0.161 e. The van der Waals surface area contributed by atoms with Crippen molar-refractivity contribution in [3.8, 4) is 5.75 Å². The van der Waals surface area contributed by atoms with Crippen molar-refractivity contribution in [3.63, 3.8) is 0 Å². The number of methoxy groups -OCH3 is 1. The van der Waals surface area contributed by atoms with E-state index in [1.54, 1.807) is 7.11 Å². The standard InChI is InChI=1S/C12H16O3/c1-9-7-10(3-4-11(9)13-2)8-12-14-5-6-15-12/h3-4,7,12H,5-6,8H2,1-2H3. The molecule has 0 radical (unpaired) electrons. The predicted octanol–water partition coefficient (Wildman–Crippen LogP) is 1.92. The van der Waals surface area contributed by atoms with Crippen molar-refractivity contribution in [2.24, 2.45) is 0 Å². The zero-order valence-corrected chi connectivity index (χ0v) is 9.16. The summed E-state index contributed by atoms with van der Waals surface area (Å²) in [6.07, 6.45) is 0.739. The molecule has 3 heteroatoms. The maximum atomic E-state index is 5.40. The van der Waals surface area contributed by atoms with Crippen LogP contribution in [0.25, 0.3) is 0 Å². The number of aryl methyl sites for hydroxylation is 1. The Morgan fingerprint density at radius 2 is 2.07 bits per heavy atom. The smallest absolute Gasteiger partial charge is 0.161 e. The Kier molecular flexibility index (Phi) is 3.23. The van der Waals surface area contributed by atoms with E-state index in [2.05, 4.69) is 12.1 Å². The molecule has 1 saturated heterocycles. The third-order valence-electron chi connectivity index (χ3n) is 2.55. The van der Waals surface area contributed by atoms with E-state index in [4.69, 9.17) is 14.2 Å². The van der Waals surface area contributed by atoms with E-state index in [9.17, 15) is 0 Å². The number of ether oxygens (including phenoxy) is 3. The van der Waals surface area contributed by atoms with Crippen molar-refractivity contribution in [2.75, 3.05) is 20.3 Å². The van der Waals surface area contributed by atoms with Crippen LogP contribution in [0.15, 0.2) is 18.2 Å². The second-order valence-corrected chi connectivity index (χ2v) is 3.68. The summed E-state index contributed by atoms with van der Waals surface area (Å²) in [5, 5.41) is 0. The van der Waals surface area contributed by atoms with Gasteiger partial charge in [-0.2, -0.15) is 0 Å². The predicted molar refractivity (Wildman–Crippen MR) is 57.1 cm³/mol. The Balaban J connectivity index is 2.05. The van der Waals surface area contributed by atoms with Crippen LogP contribution in [0.1, 0.15) is 11.1 Å². The average molecular weight is 208 g/mol. The van der Waals surface area contributed by atoms with Crippen molar-refractivity contribution < 1.29 is 14.2 Å². The first kappa shape index (κ1) is 10.5. The van der Waals surface area contributed by atoms with E-state index in [0.717, 1.165) is 17.7 Å². The van der Waals surface area contributed by atoms with E-state index in [1.165, 1.54) is 5.56 Å². The zero-order valence-electron chi connectivity index (χ0n) is 9.16. The fourth-order valence-corrected chi connectivity index (χ4v) is 1.79. The van der Waals surface area contributed by atoms with Gasteiger partial charge in [-0.25, -0.2) is 0 Å². The minimum absolute atomic E-state index is 0.0715. The normalized spacial score (nSPS) is 16.9. The highest BCUT2D eigenvalue weighted by Crippen LogP contribution is 2.20. The summed E-state index contributed by atoms with van der Waals surface area (Å²) in [5.74, 6) is 0.923. The molecular formula is C12H16O3. The largest absolute Gasteiger partial charge is 0.496 e. The SMILES string of the molecule is COc1ccc(CC2OCCO2)cc1C. The highest BCUT2D eigenvalue weighted by molar-refractivity contribution is 5.36. The first-order valence-corrected chi connectivity index (χ1v) is 5.16. The number of hydrogen-bond acceptors (Lipinski definition) is 3. The molecule has 0 saturated carbocycles. The van der Waals surface area contributed by atoms with Gasteiger partial charge in [0.05, 0.1) is 20.3 Å². The lowest BCUT2D eigenvalue weighted by Crippen LogP contribution is -2.11. The molecule has 0 unspecified atom stereocenters. The van der Waals surface area contributed by atoms with Gasteiger partial charge in [-0.15, -0.1) is 0 Å². The van der Waals surface area contributed by atoms with Gasteiger partial charge >= 0.3 is 0 Å². The number of benzene rings is 1. The van der Waals surface area contributed by atoms with E-state index in [-0.39, 0.29) is 6.29 Å². The molecule has 1 heterocycles. The minimum Gasteiger partial charge on any atom is -0.496 e. The summed E-state index contributed by atoms with van der Waals surface area (Å²) in [4.78, 5) is 0. The molecule has 0 bridgehead atoms. The molecule has 0 atom stereocenters. The lowest BCUT2D eigenvalue weighted by atomic mass is 10.1. The summed E-state index contributed by atoms with van der Waals surface area (Å²) in [5.41, 5.74) is 2.37. The highest BCUT2D eigenvalue weighted by atomic mass is 16.7. The van der Waals surface area contributed by atoms with Crippen LogP contribution in [0.4, 0.5) is 0 Å². The molecule has 1 aliphatic rings. The molecule has 2 rings (SSSR count). The Morgan fingerprint density at radius 3 is 2.67 bits per heavy atom. The third-order valence-corrected chi connectivity index (χ3v) is 2.55. The van der Waals surface area contributed by atoms with Crippen molar-refractivity contribution in [1.29, 1.82) is 0 Å². The van der Waals surface area contributed by atoms with Crippen LogP contribution in [0.3, 0.4) is 0 Å². The summed E-state index contributed by atoms with van der Waals surface area (Å²) < 4.78 is 16.0. The van der Waals surface area contributed by atoms with E-state index in [1.807, 2.05) is 13.0 Å². The van der Waals surface area contributed by atoms with Crippen molar-refractivity contribution in [2.45, 2.75) is 19.6 Å². The molecule has 1 aliphatic heterocycles. The van der Waals surface area contributed by atoms with Gasteiger partial charge in [0.15, 0.2) is 6.29 Å². The van der Waals surface area contributed by atoms with Crippen molar-refractivity contribution in [3.05, 3.63) is 29.3 Å². The van der Waals surface area contributed by atoms with E-state index < -0.39 is 0 Å². The molecule has 0 aliphatic carbocycles. The third kappa shape index (κ3) is 2.49. The average Bonchev–Trinajstić information content (AvgIpc) is 2.71. The first-order valence-electron chi connectivity index (χ1n) is 5.16. The second-order valence-electron chi connectivity index (χ2n) is 3.68. The summed E-state index contributed by atoms with van der Waals surface area (Å²) >= 11 is 0. The van der Waals surface area contributed by atoms with Gasteiger partial charge in [0.2, 0.25) is 0 Å². The number of hydrogen-bond donors (Lipinski definition) is 0. The molecule has 82 valence electrons. The molecule has 1 aromatic carbocycles. The maximum absolute atomic E-state index is 5.40. The topological polar surface area (TPSA) is 27.7 Å². The van der Waals surface area contributed by atoms with Gasteiger partial charge in [-0.3, -0.25) is 0 Å². The highest BCUT2D eigenvalue weighted by Gasteiger charge is 2.16. The molecule has 0 aromatic heterocycles. The van der Waals surface area contributed by atoms with Crippen molar-refractivity contribution >= 4 is 0 Å². The fraction of sp³-hybridized carbons (Fsp3) is 0.500. The van der Waals surface area contributed by atoms with E-state index >= 15 is 0 Å². The van der Waals surface area contributed by atoms with Gasteiger partial charge in [0.25, 0.3) is 0 Å². The van der Waals surface area contributed by atoms with Crippen LogP contribution >= 0.6 is 0 Å². The Hall–Kier alpha value is -1.06. The summed E-state index contributed by atoms with van der Waals surface area (Å²) in [6, 6.07) is 6.15.